The molecular weight excluding hydrogens is 376 g/mol. The van der Waals surface area contributed by atoms with Gasteiger partial charge in [0.05, 0.1) is 18.4 Å². The molecule has 2 amide bonds. The van der Waals surface area contributed by atoms with Crippen LogP contribution in [-0.4, -0.2) is 18.9 Å². The Bertz CT molecular complexity index is 1100. The average Bonchev–Trinajstić information content (AvgIpc) is 3.04. The quantitative estimate of drug-likeness (QED) is 0.614. The summed E-state index contributed by atoms with van der Waals surface area (Å²) in [7, 11) is 1.60. The summed E-state index contributed by atoms with van der Waals surface area (Å²) in [4.78, 5) is 27.9. The zero-order valence-corrected chi connectivity index (χ0v) is 16.9. The lowest BCUT2D eigenvalue weighted by Gasteiger charge is -2.16. The van der Waals surface area contributed by atoms with Crippen LogP contribution in [0.4, 0.5) is 11.4 Å². The van der Waals surface area contributed by atoms with Crippen molar-refractivity contribution >= 4 is 28.8 Å². The highest BCUT2D eigenvalue weighted by molar-refractivity contribution is 6.46. The molecule has 0 saturated carbocycles. The third kappa shape index (κ3) is 3.57. The maximum absolute atomic E-state index is 13.4. The number of imide groups is 1. The molecule has 0 fully saturated rings. The van der Waals surface area contributed by atoms with Crippen molar-refractivity contribution in [1.29, 1.82) is 0 Å². The molecule has 0 bridgehead atoms. The van der Waals surface area contributed by atoms with Crippen molar-refractivity contribution in [1.82, 2.24) is 0 Å². The number of carbonyl (C=O) groups is 2. The van der Waals surface area contributed by atoms with Gasteiger partial charge >= 0.3 is 0 Å². The SMILES string of the molecule is CCc1ccc(N2C(=O)C(Nc3ccc(OC)cc3)=C(c3ccccc3)C2=O)cc1. The van der Waals surface area contributed by atoms with Gasteiger partial charge in [0.1, 0.15) is 11.4 Å². The predicted molar refractivity (Wildman–Crippen MR) is 118 cm³/mol. The molecule has 0 atom stereocenters. The predicted octanol–water partition coefficient (Wildman–Crippen LogP) is 4.65. The molecule has 1 N–H and O–H groups in total. The highest BCUT2D eigenvalue weighted by Crippen LogP contribution is 2.34. The number of benzene rings is 3. The Labute approximate surface area is 175 Å². The summed E-state index contributed by atoms with van der Waals surface area (Å²) in [5.74, 6) is -0.00495. The smallest absolute Gasteiger partial charge is 0.282 e. The first-order valence-corrected chi connectivity index (χ1v) is 9.81. The van der Waals surface area contributed by atoms with Gasteiger partial charge < -0.3 is 10.1 Å². The fourth-order valence-corrected chi connectivity index (χ4v) is 3.45. The topological polar surface area (TPSA) is 58.6 Å². The molecule has 0 unspecified atom stereocenters. The van der Waals surface area contributed by atoms with Crippen LogP contribution < -0.4 is 15.0 Å². The fraction of sp³-hybridized carbons (Fsp3) is 0.120. The molecular formula is C25H22N2O3. The van der Waals surface area contributed by atoms with Gasteiger partial charge in [-0.25, -0.2) is 4.90 Å². The number of aryl methyl sites for hydroxylation is 1. The monoisotopic (exact) mass is 398 g/mol. The van der Waals surface area contributed by atoms with E-state index in [0.29, 0.717) is 28.3 Å². The Morgan fingerprint density at radius 1 is 0.833 bits per heavy atom. The van der Waals surface area contributed by atoms with Crippen molar-refractivity contribution in [3.63, 3.8) is 0 Å². The second-order valence-electron chi connectivity index (χ2n) is 6.94. The number of rotatable bonds is 6. The number of hydrogen-bond donors (Lipinski definition) is 1. The molecule has 3 aromatic rings. The first-order valence-electron chi connectivity index (χ1n) is 9.81. The van der Waals surface area contributed by atoms with Crippen molar-refractivity contribution in [2.24, 2.45) is 0 Å². The van der Waals surface area contributed by atoms with E-state index in [1.165, 1.54) is 4.90 Å². The maximum atomic E-state index is 13.4. The van der Waals surface area contributed by atoms with Crippen molar-refractivity contribution in [3.05, 3.63) is 95.7 Å². The summed E-state index contributed by atoms with van der Waals surface area (Å²) in [5.41, 5.74) is 3.71. The van der Waals surface area contributed by atoms with Crippen LogP contribution in [0.15, 0.2) is 84.6 Å². The minimum Gasteiger partial charge on any atom is -0.497 e. The van der Waals surface area contributed by atoms with Gasteiger partial charge in [-0.15, -0.1) is 0 Å². The van der Waals surface area contributed by atoms with E-state index in [2.05, 4.69) is 12.2 Å². The van der Waals surface area contributed by atoms with Gasteiger partial charge in [-0.05, 0) is 53.9 Å². The summed E-state index contributed by atoms with van der Waals surface area (Å²) >= 11 is 0. The summed E-state index contributed by atoms with van der Waals surface area (Å²) in [6, 6.07) is 24.0. The molecule has 0 aliphatic carbocycles. The molecule has 5 nitrogen and oxygen atoms in total. The van der Waals surface area contributed by atoms with E-state index < -0.39 is 0 Å². The molecule has 1 aliphatic heterocycles. The van der Waals surface area contributed by atoms with Crippen LogP contribution in [-0.2, 0) is 16.0 Å². The van der Waals surface area contributed by atoms with Gasteiger partial charge in [0, 0.05) is 5.69 Å². The van der Waals surface area contributed by atoms with E-state index in [0.717, 1.165) is 12.0 Å². The third-order valence-electron chi connectivity index (χ3n) is 5.11. The van der Waals surface area contributed by atoms with E-state index in [9.17, 15) is 9.59 Å². The Morgan fingerprint density at radius 3 is 2.10 bits per heavy atom. The zero-order valence-electron chi connectivity index (χ0n) is 16.9. The second kappa shape index (κ2) is 8.25. The maximum Gasteiger partial charge on any atom is 0.282 e. The summed E-state index contributed by atoms with van der Waals surface area (Å²) in [5, 5.41) is 3.16. The number of nitrogens with zero attached hydrogens (tertiary/aromatic N) is 1. The van der Waals surface area contributed by atoms with Gasteiger partial charge in [0.25, 0.3) is 11.8 Å². The average molecular weight is 398 g/mol. The third-order valence-corrected chi connectivity index (χ3v) is 5.11. The van der Waals surface area contributed by atoms with Gasteiger partial charge in [-0.2, -0.15) is 0 Å². The van der Waals surface area contributed by atoms with Crippen LogP contribution in [0.5, 0.6) is 5.75 Å². The highest BCUT2D eigenvalue weighted by atomic mass is 16.5. The van der Waals surface area contributed by atoms with E-state index in [-0.39, 0.29) is 17.5 Å². The largest absolute Gasteiger partial charge is 0.497 e. The molecule has 3 aromatic carbocycles. The lowest BCUT2D eigenvalue weighted by molar-refractivity contribution is -0.120. The number of hydrogen-bond acceptors (Lipinski definition) is 4. The van der Waals surface area contributed by atoms with Crippen LogP contribution in [0.25, 0.3) is 5.57 Å². The highest BCUT2D eigenvalue weighted by Gasteiger charge is 2.40. The normalized spacial score (nSPS) is 13.7. The summed E-state index contributed by atoms with van der Waals surface area (Å²) < 4.78 is 5.19. The van der Waals surface area contributed by atoms with Crippen molar-refractivity contribution in [3.8, 4) is 5.75 Å². The van der Waals surface area contributed by atoms with Gasteiger partial charge in [-0.1, -0.05) is 49.4 Å². The molecule has 1 heterocycles. The molecule has 1 aliphatic rings. The fourth-order valence-electron chi connectivity index (χ4n) is 3.45. The Morgan fingerprint density at radius 2 is 1.50 bits per heavy atom. The number of carbonyl (C=O) groups excluding carboxylic acids is 2. The summed E-state index contributed by atoms with van der Waals surface area (Å²) in [6.07, 6.45) is 0.889. The van der Waals surface area contributed by atoms with Crippen molar-refractivity contribution in [2.45, 2.75) is 13.3 Å². The first-order chi connectivity index (χ1) is 14.6. The molecule has 0 radical (unpaired) electrons. The van der Waals surface area contributed by atoms with Crippen LogP contribution in [0.1, 0.15) is 18.1 Å². The molecule has 5 heteroatoms. The van der Waals surface area contributed by atoms with Crippen molar-refractivity contribution in [2.75, 3.05) is 17.3 Å². The molecule has 0 spiro atoms. The van der Waals surface area contributed by atoms with Gasteiger partial charge in [0.15, 0.2) is 0 Å². The standard InChI is InChI=1S/C25H22N2O3/c1-3-17-9-13-20(14-10-17)27-24(28)22(18-7-5-4-6-8-18)23(25(27)29)26-19-11-15-21(30-2)16-12-19/h4-16,26H,3H2,1-2H3. The number of ether oxygens (including phenoxy) is 1. The van der Waals surface area contributed by atoms with Crippen LogP contribution in [0.3, 0.4) is 0 Å². The Hall–Kier alpha value is -3.86. The number of methoxy groups -OCH3 is 1. The summed E-state index contributed by atoms with van der Waals surface area (Å²) in [6.45, 7) is 2.06. The minimum absolute atomic E-state index is 0.260. The van der Waals surface area contributed by atoms with E-state index in [1.54, 1.807) is 19.2 Å². The van der Waals surface area contributed by atoms with Crippen molar-refractivity contribution < 1.29 is 14.3 Å². The Balaban J connectivity index is 1.75. The first kappa shape index (κ1) is 19.5. The second-order valence-corrected chi connectivity index (χ2v) is 6.94. The molecule has 150 valence electrons. The number of amides is 2. The minimum atomic E-state index is -0.376. The zero-order chi connectivity index (χ0) is 21.1. The van der Waals surface area contributed by atoms with Crippen LogP contribution in [0, 0.1) is 0 Å². The van der Waals surface area contributed by atoms with E-state index >= 15 is 0 Å². The number of nitrogens with one attached hydrogen (secondary N) is 1. The molecule has 4 rings (SSSR count). The lowest BCUT2D eigenvalue weighted by Crippen LogP contribution is -2.32. The van der Waals surface area contributed by atoms with Crippen LogP contribution in [0.2, 0.25) is 0 Å². The Kier molecular flexibility index (Phi) is 5.35. The van der Waals surface area contributed by atoms with E-state index in [1.807, 2.05) is 66.7 Å². The molecule has 0 saturated heterocycles. The lowest BCUT2D eigenvalue weighted by atomic mass is 10.0. The van der Waals surface area contributed by atoms with E-state index in [4.69, 9.17) is 4.74 Å². The van der Waals surface area contributed by atoms with Crippen LogP contribution >= 0.6 is 0 Å². The van der Waals surface area contributed by atoms with Gasteiger partial charge in [-0.3, -0.25) is 9.59 Å². The molecule has 0 aromatic heterocycles. The molecule has 30 heavy (non-hydrogen) atoms. The van der Waals surface area contributed by atoms with Gasteiger partial charge in [0.2, 0.25) is 0 Å². The number of anilines is 2.